The summed E-state index contributed by atoms with van der Waals surface area (Å²) in [5.74, 6) is 3.52. The summed E-state index contributed by atoms with van der Waals surface area (Å²) in [4.78, 5) is 4.67. The van der Waals surface area contributed by atoms with Crippen LogP contribution in [0.15, 0.2) is 41.4 Å². The highest BCUT2D eigenvalue weighted by Gasteiger charge is 2.15. The van der Waals surface area contributed by atoms with Crippen molar-refractivity contribution in [2.24, 2.45) is 4.99 Å². The molecule has 166 valence electrons. The fourth-order valence-corrected chi connectivity index (χ4v) is 3.02. The normalized spacial score (nSPS) is 10.6. The lowest BCUT2D eigenvalue weighted by atomic mass is 10.1. The maximum absolute atomic E-state index is 5.55. The Bertz CT molecular complexity index is 815. The van der Waals surface area contributed by atoms with Crippen molar-refractivity contribution >= 4 is 29.9 Å². The molecule has 2 aromatic rings. The number of nitrogens with zero attached hydrogens (tertiary/aromatic N) is 1. The van der Waals surface area contributed by atoms with E-state index in [4.69, 9.17) is 18.9 Å². The van der Waals surface area contributed by atoms with Crippen molar-refractivity contribution in [2.45, 2.75) is 19.9 Å². The molecule has 0 atom stereocenters. The van der Waals surface area contributed by atoms with Crippen LogP contribution < -0.4 is 29.6 Å². The smallest absolute Gasteiger partial charge is 0.203 e. The Labute approximate surface area is 196 Å². The van der Waals surface area contributed by atoms with E-state index in [0.717, 1.165) is 35.8 Å². The third-order valence-electron chi connectivity index (χ3n) is 4.42. The van der Waals surface area contributed by atoms with Gasteiger partial charge in [0.15, 0.2) is 17.5 Å². The second kappa shape index (κ2) is 13.8. The molecular formula is C22H32IN3O4. The molecule has 0 fully saturated rings. The van der Waals surface area contributed by atoms with Crippen molar-refractivity contribution in [1.29, 1.82) is 0 Å². The van der Waals surface area contributed by atoms with Crippen LogP contribution in [0.1, 0.15) is 18.1 Å². The van der Waals surface area contributed by atoms with E-state index < -0.39 is 0 Å². The minimum atomic E-state index is 0. The number of para-hydroxylation sites is 1. The van der Waals surface area contributed by atoms with Gasteiger partial charge in [0.25, 0.3) is 0 Å². The van der Waals surface area contributed by atoms with Crippen LogP contribution in [0.2, 0.25) is 0 Å². The topological polar surface area (TPSA) is 73.3 Å². The maximum Gasteiger partial charge on any atom is 0.203 e. The zero-order valence-electron chi connectivity index (χ0n) is 18.3. The molecule has 30 heavy (non-hydrogen) atoms. The van der Waals surface area contributed by atoms with E-state index in [2.05, 4.69) is 15.6 Å². The number of hydrogen-bond donors (Lipinski definition) is 2. The number of ether oxygens (including phenoxy) is 4. The molecule has 0 aliphatic carbocycles. The second-order valence-corrected chi connectivity index (χ2v) is 6.18. The standard InChI is InChI=1S/C22H31N3O4.HI/c1-6-23-22(25-15-17-9-7-8-10-18(17)26-2)24-14-13-16-11-12-19(27-3)21(29-5)20(16)28-4;/h7-12H,6,13-15H2,1-5H3,(H2,23,24,25);1H. The predicted molar refractivity (Wildman–Crippen MR) is 131 cm³/mol. The molecule has 0 saturated heterocycles. The largest absolute Gasteiger partial charge is 0.496 e. The first-order valence-electron chi connectivity index (χ1n) is 9.60. The first kappa shape index (κ1) is 25.7. The highest BCUT2D eigenvalue weighted by atomic mass is 127. The number of benzene rings is 2. The summed E-state index contributed by atoms with van der Waals surface area (Å²) in [6, 6.07) is 11.8. The number of guanidine groups is 1. The van der Waals surface area contributed by atoms with Crippen LogP contribution in [0.3, 0.4) is 0 Å². The quantitative estimate of drug-likeness (QED) is 0.278. The lowest BCUT2D eigenvalue weighted by Crippen LogP contribution is -2.38. The Hall–Kier alpha value is -2.36. The Kier molecular flexibility index (Phi) is 11.8. The van der Waals surface area contributed by atoms with E-state index in [1.807, 2.05) is 43.3 Å². The van der Waals surface area contributed by atoms with Crippen molar-refractivity contribution < 1.29 is 18.9 Å². The van der Waals surface area contributed by atoms with Gasteiger partial charge in [-0.15, -0.1) is 24.0 Å². The Morgan fingerprint density at radius 1 is 0.800 bits per heavy atom. The third kappa shape index (κ3) is 6.86. The molecule has 2 rings (SSSR count). The molecule has 0 unspecified atom stereocenters. The molecule has 0 aliphatic heterocycles. The van der Waals surface area contributed by atoms with Gasteiger partial charge in [-0.1, -0.05) is 24.3 Å². The van der Waals surface area contributed by atoms with Crippen molar-refractivity contribution in [3.63, 3.8) is 0 Å². The van der Waals surface area contributed by atoms with Gasteiger partial charge >= 0.3 is 0 Å². The van der Waals surface area contributed by atoms with Gasteiger partial charge in [0.2, 0.25) is 5.75 Å². The minimum absolute atomic E-state index is 0. The number of nitrogens with one attached hydrogen (secondary N) is 2. The minimum Gasteiger partial charge on any atom is -0.496 e. The van der Waals surface area contributed by atoms with Crippen molar-refractivity contribution in [3.05, 3.63) is 47.5 Å². The Morgan fingerprint density at radius 3 is 2.13 bits per heavy atom. The lowest BCUT2D eigenvalue weighted by molar-refractivity contribution is 0.322. The first-order chi connectivity index (χ1) is 14.2. The Morgan fingerprint density at radius 2 is 1.50 bits per heavy atom. The van der Waals surface area contributed by atoms with Crippen LogP contribution in [0.4, 0.5) is 0 Å². The number of methoxy groups -OCH3 is 4. The molecule has 7 nitrogen and oxygen atoms in total. The van der Waals surface area contributed by atoms with Crippen molar-refractivity contribution in [1.82, 2.24) is 10.6 Å². The van der Waals surface area contributed by atoms with Crippen LogP contribution in [0.5, 0.6) is 23.0 Å². The van der Waals surface area contributed by atoms with Gasteiger partial charge in [-0.25, -0.2) is 4.99 Å². The van der Waals surface area contributed by atoms with Gasteiger partial charge < -0.3 is 29.6 Å². The summed E-state index contributed by atoms with van der Waals surface area (Å²) in [7, 11) is 6.52. The van der Waals surface area contributed by atoms with Crippen molar-refractivity contribution in [2.75, 3.05) is 41.5 Å². The average Bonchev–Trinajstić information content (AvgIpc) is 2.76. The van der Waals surface area contributed by atoms with Crippen molar-refractivity contribution in [3.8, 4) is 23.0 Å². The molecule has 0 heterocycles. The molecule has 2 N–H and O–H groups in total. The van der Waals surface area contributed by atoms with Crippen LogP contribution in [-0.4, -0.2) is 47.5 Å². The molecule has 0 spiro atoms. The lowest BCUT2D eigenvalue weighted by Gasteiger charge is -2.16. The average molecular weight is 529 g/mol. The van der Waals surface area contributed by atoms with E-state index in [1.54, 1.807) is 28.4 Å². The summed E-state index contributed by atoms with van der Waals surface area (Å²) in [5.41, 5.74) is 2.06. The third-order valence-corrected chi connectivity index (χ3v) is 4.42. The summed E-state index contributed by atoms with van der Waals surface area (Å²) in [6.45, 7) is 4.03. The molecule has 0 aromatic heterocycles. The summed E-state index contributed by atoms with van der Waals surface area (Å²) in [5, 5.41) is 6.63. The van der Waals surface area contributed by atoms with Gasteiger partial charge in [-0.05, 0) is 25.5 Å². The second-order valence-electron chi connectivity index (χ2n) is 6.18. The summed E-state index contributed by atoms with van der Waals surface area (Å²) in [6.07, 6.45) is 0.739. The number of rotatable bonds is 10. The first-order valence-corrected chi connectivity index (χ1v) is 9.60. The predicted octanol–water partition coefficient (Wildman–Crippen LogP) is 3.64. The highest BCUT2D eigenvalue weighted by Crippen LogP contribution is 2.39. The highest BCUT2D eigenvalue weighted by molar-refractivity contribution is 14.0. The fraction of sp³-hybridized carbons (Fsp3) is 0.409. The van der Waals surface area contributed by atoms with Gasteiger partial charge in [0, 0.05) is 24.2 Å². The molecule has 0 aliphatic rings. The summed E-state index contributed by atoms with van der Waals surface area (Å²) >= 11 is 0. The number of halogens is 1. The zero-order chi connectivity index (χ0) is 21.1. The van der Waals surface area contributed by atoms with Gasteiger partial charge in [-0.2, -0.15) is 0 Å². The van der Waals surface area contributed by atoms with Crippen LogP contribution in [-0.2, 0) is 13.0 Å². The van der Waals surface area contributed by atoms with E-state index in [0.29, 0.717) is 30.3 Å². The Balaban J connectivity index is 0.00000450. The molecule has 0 bridgehead atoms. The van der Waals surface area contributed by atoms with Gasteiger partial charge in [-0.3, -0.25) is 0 Å². The molecule has 8 heteroatoms. The van der Waals surface area contributed by atoms with Crippen LogP contribution in [0, 0.1) is 0 Å². The number of hydrogen-bond acceptors (Lipinski definition) is 5. The van der Waals surface area contributed by atoms with Gasteiger partial charge in [0.05, 0.1) is 35.0 Å². The van der Waals surface area contributed by atoms with E-state index >= 15 is 0 Å². The summed E-state index contributed by atoms with van der Waals surface area (Å²) < 4.78 is 21.7. The van der Waals surface area contributed by atoms with E-state index in [9.17, 15) is 0 Å². The SMILES string of the molecule is CCNC(=NCc1ccccc1OC)NCCc1ccc(OC)c(OC)c1OC.I. The van der Waals surface area contributed by atoms with E-state index in [-0.39, 0.29) is 24.0 Å². The van der Waals surface area contributed by atoms with Crippen LogP contribution >= 0.6 is 24.0 Å². The van der Waals surface area contributed by atoms with E-state index in [1.165, 1.54) is 0 Å². The van der Waals surface area contributed by atoms with Gasteiger partial charge in [0.1, 0.15) is 5.75 Å². The molecule has 2 aromatic carbocycles. The molecule has 0 amide bonds. The fourth-order valence-electron chi connectivity index (χ4n) is 3.02. The van der Waals surface area contributed by atoms with Crippen LogP contribution in [0.25, 0.3) is 0 Å². The monoisotopic (exact) mass is 529 g/mol. The maximum atomic E-state index is 5.55. The zero-order valence-corrected chi connectivity index (χ0v) is 20.6. The molecule has 0 radical (unpaired) electrons. The molecular weight excluding hydrogens is 497 g/mol. The molecule has 0 saturated carbocycles. The number of aliphatic imine (C=N–C) groups is 1.